The standard InChI is InChI=1S/C20H24ClN3O2S/c1-20(2)14-22-19-7-6-17(13-18(19)20)27(25,26)24-10-8-23(9-11-24)16-5-3-4-15(21)12-16/h3-7,12-13,22H,8-11,14H2,1-2H3. The van der Waals surface area contributed by atoms with Crippen molar-refractivity contribution in [2.24, 2.45) is 0 Å². The lowest BCUT2D eigenvalue weighted by Gasteiger charge is -2.35. The van der Waals surface area contributed by atoms with Gasteiger partial charge in [0.05, 0.1) is 4.90 Å². The zero-order valence-corrected chi connectivity index (χ0v) is 17.1. The molecule has 0 radical (unpaired) electrons. The van der Waals surface area contributed by atoms with Crippen LogP contribution in [0.15, 0.2) is 47.4 Å². The van der Waals surface area contributed by atoms with Gasteiger partial charge in [0.1, 0.15) is 0 Å². The molecule has 0 spiro atoms. The molecule has 0 bridgehead atoms. The Hall–Kier alpha value is -1.76. The van der Waals surface area contributed by atoms with Gasteiger partial charge in [-0.25, -0.2) is 8.42 Å². The van der Waals surface area contributed by atoms with Crippen molar-refractivity contribution >= 4 is 33.0 Å². The van der Waals surface area contributed by atoms with E-state index in [9.17, 15) is 8.42 Å². The average molecular weight is 406 g/mol. The lowest BCUT2D eigenvalue weighted by Crippen LogP contribution is -2.48. The summed E-state index contributed by atoms with van der Waals surface area (Å²) in [7, 11) is -3.49. The van der Waals surface area contributed by atoms with E-state index in [1.807, 2.05) is 36.4 Å². The van der Waals surface area contributed by atoms with Crippen LogP contribution in [-0.2, 0) is 15.4 Å². The lowest BCUT2D eigenvalue weighted by atomic mass is 9.87. The maximum absolute atomic E-state index is 13.2. The average Bonchev–Trinajstić information content (AvgIpc) is 2.96. The molecule has 1 fully saturated rings. The van der Waals surface area contributed by atoms with E-state index in [1.165, 1.54) is 0 Å². The summed E-state index contributed by atoms with van der Waals surface area (Å²) in [6, 6.07) is 13.1. The van der Waals surface area contributed by atoms with Gasteiger partial charge in [-0.1, -0.05) is 31.5 Å². The molecule has 0 unspecified atom stereocenters. The first-order chi connectivity index (χ1) is 12.8. The molecule has 5 nitrogen and oxygen atoms in total. The zero-order valence-electron chi connectivity index (χ0n) is 15.6. The minimum Gasteiger partial charge on any atom is -0.384 e. The van der Waals surface area contributed by atoms with E-state index >= 15 is 0 Å². The molecule has 1 N–H and O–H groups in total. The van der Waals surface area contributed by atoms with Crippen molar-refractivity contribution in [1.29, 1.82) is 0 Å². The molecule has 1 saturated heterocycles. The molecule has 2 aromatic carbocycles. The summed E-state index contributed by atoms with van der Waals surface area (Å²) < 4.78 is 27.9. The van der Waals surface area contributed by atoms with E-state index < -0.39 is 10.0 Å². The van der Waals surface area contributed by atoms with Crippen LogP contribution in [0.25, 0.3) is 0 Å². The number of benzene rings is 2. The summed E-state index contributed by atoms with van der Waals surface area (Å²) in [6.45, 7) is 7.32. The minimum absolute atomic E-state index is 0.0634. The van der Waals surface area contributed by atoms with Crippen molar-refractivity contribution in [1.82, 2.24) is 4.31 Å². The predicted molar refractivity (Wildman–Crippen MR) is 110 cm³/mol. The minimum atomic E-state index is -3.49. The van der Waals surface area contributed by atoms with E-state index in [2.05, 4.69) is 24.1 Å². The van der Waals surface area contributed by atoms with E-state index in [0.29, 0.717) is 36.1 Å². The Morgan fingerprint density at radius 2 is 1.78 bits per heavy atom. The number of fused-ring (bicyclic) bond motifs is 1. The Kier molecular flexibility index (Phi) is 4.61. The van der Waals surface area contributed by atoms with Crippen LogP contribution in [0.5, 0.6) is 0 Å². The lowest BCUT2D eigenvalue weighted by molar-refractivity contribution is 0.385. The number of nitrogens with one attached hydrogen (secondary N) is 1. The third kappa shape index (κ3) is 3.42. The maximum atomic E-state index is 13.2. The number of rotatable bonds is 3. The zero-order chi connectivity index (χ0) is 19.2. The van der Waals surface area contributed by atoms with Crippen LogP contribution in [0.3, 0.4) is 0 Å². The Morgan fingerprint density at radius 3 is 2.48 bits per heavy atom. The van der Waals surface area contributed by atoms with Gasteiger partial charge in [0.25, 0.3) is 0 Å². The summed E-state index contributed by atoms with van der Waals surface area (Å²) in [6.07, 6.45) is 0. The highest BCUT2D eigenvalue weighted by molar-refractivity contribution is 7.89. The van der Waals surface area contributed by atoms with E-state index in [1.54, 1.807) is 10.4 Å². The van der Waals surface area contributed by atoms with Crippen molar-refractivity contribution in [3.8, 4) is 0 Å². The number of anilines is 2. The van der Waals surface area contributed by atoms with Gasteiger partial charge in [0.15, 0.2) is 0 Å². The second kappa shape index (κ2) is 6.69. The highest BCUT2D eigenvalue weighted by Gasteiger charge is 2.33. The van der Waals surface area contributed by atoms with Gasteiger partial charge >= 0.3 is 0 Å². The fourth-order valence-corrected chi connectivity index (χ4v) is 5.45. The van der Waals surface area contributed by atoms with Crippen molar-refractivity contribution in [3.63, 3.8) is 0 Å². The fourth-order valence-electron chi connectivity index (χ4n) is 3.82. The number of hydrogen-bond acceptors (Lipinski definition) is 4. The molecule has 2 aliphatic heterocycles. The Morgan fingerprint density at radius 1 is 1.04 bits per heavy atom. The number of piperazine rings is 1. The molecule has 0 amide bonds. The van der Waals surface area contributed by atoms with Gasteiger partial charge < -0.3 is 10.2 Å². The predicted octanol–water partition coefficient (Wildman–Crippen LogP) is 3.55. The molecular weight excluding hydrogens is 382 g/mol. The number of hydrogen-bond donors (Lipinski definition) is 1. The topological polar surface area (TPSA) is 52.7 Å². The van der Waals surface area contributed by atoms with Crippen LogP contribution >= 0.6 is 11.6 Å². The van der Waals surface area contributed by atoms with Crippen LogP contribution in [0.4, 0.5) is 11.4 Å². The Bertz CT molecular complexity index is 967. The first-order valence-electron chi connectivity index (χ1n) is 9.16. The van der Waals surface area contributed by atoms with Crippen molar-refractivity contribution < 1.29 is 8.42 Å². The van der Waals surface area contributed by atoms with E-state index in [0.717, 1.165) is 23.5 Å². The summed E-state index contributed by atoms with van der Waals surface area (Å²) >= 11 is 6.08. The molecule has 0 aliphatic carbocycles. The molecule has 0 saturated carbocycles. The molecular formula is C20H24ClN3O2S. The third-order valence-corrected chi connectivity index (χ3v) is 7.62. The molecule has 7 heteroatoms. The number of sulfonamides is 1. The van der Waals surface area contributed by atoms with E-state index in [4.69, 9.17) is 11.6 Å². The highest BCUT2D eigenvalue weighted by atomic mass is 35.5. The normalized spacial score (nSPS) is 19.6. The fraction of sp³-hybridized carbons (Fsp3) is 0.400. The molecule has 2 aromatic rings. The van der Waals surface area contributed by atoms with Crippen molar-refractivity contribution in [2.45, 2.75) is 24.2 Å². The summed E-state index contributed by atoms with van der Waals surface area (Å²) in [4.78, 5) is 2.56. The van der Waals surface area contributed by atoms with Gasteiger partial charge in [-0.15, -0.1) is 0 Å². The first-order valence-corrected chi connectivity index (χ1v) is 11.0. The molecule has 0 aromatic heterocycles. The summed E-state index contributed by atoms with van der Waals surface area (Å²) in [5.74, 6) is 0. The van der Waals surface area contributed by atoms with Gasteiger partial charge in [-0.2, -0.15) is 4.31 Å². The molecule has 2 aliphatic rings. The Labute approximate surface area is 166 Å². The van der Waals surface area contributed by atoms with Crippen LogP contribution in [0.1, 0.15) is 19.4 Å². The quantitative estimate of drug-likeness (QED) is 0.848. The SMILES string of the molecule is CC1(C)CNc2ccc(S(=O)(=O)N3CCN(c4cccc(Cl)c4)CC3)cc21. The number of halogens is 1. The largest absolute Gasteiger partial charge is 0.384 e. The second-order valence-electron chi connectivity index (χ2n) is 7.82. The first kappa shape index (κ1) is 18.6. The maximum Gasteiger partial charge on any atom is 0.243 e. The summed E-state index contributed by atoms with van der Waals surface area (Å²) in [5.41, 5.74) is 3.07. The molecule has 0 atom stereocenters. The number of nitrogens with zero attached hydrogens (tertiary/aromatic N) is 2. The molecule has 27 heavy (non-hydrogen) atoms. The molecule has 4 rings (SSSR count). The van der Waals surface area contributed by atoms with Gasteiger partial charge in [-0.05, 0) is 42.0 Å². The highest BCUT2D eigenvalue weighted by Crippen LogP contribution is 2.38. The molecule has 2 heterocycles. The van der Waals surface area contributed by atoms with Crippen molar-refractivity contribution in [2.75, 3.05) is 42.9 Å². The van der Waals surface area contributed by atoms with Crippen LogP contribution < -0.4 is 10.2 Å². The van der Waals surface area contributed by atoms with Crippen LogP contribution in [-0.4, -0.2) is 45.4 Å². The van der Waals surface area contributed by atoms with E-state index in [-0.39, 0.29) is 5.41 Å². The Balaban J connectivity index is 1.53. The summed E-state index contributed by atoms with van der Waals surface area (Å²) in [5, 5.41) is 4.04. The van der Waals surface area contributed by atoms with Crippen LogP contribution in [0.2, 0.25) is 5.02 Å². The monoisotopic (exact) mass is 405 g/mol. The van der Waals surface area contributed by atoms with Gasteiger partial charge in [0.2, 0.25) is 10.0 Å². The van der Waals surface area contributed by atoms with Crippen molar-refractivity contribution in [3.05, 3.63) is 53.1 Å². The second-order valence-corrected chi connectivity index (χ2v) is 10.2. The van der Waals surface area contributed by atoms with Crippen LogP contribution in [0, 0.1) is 0 Å². The molecule has 144 valence electrons. The third-order valence-electron chi connectivity index (χ3n) is 5.49. The van der Waals surface area contributed by atoms with Gasteiger partial charge in [-0.3, -0.25) is 0 Å². The smallest absolute Gasteiger partial charge is 0.243 e. The van der Waals surface area contributed by atoms with Gasteiger partial charge in [0, 0.05) is 54.5 Å².